The van der Waals surface area contributed by atoms with Crippen LogP contribution in [0.25, 0.3) is 0 Å². The molecule has 0 saturated carbocycles. The van der Waals surface area contributed by atoms with E-state index in [4.69, 9.17) is 16.3 Å². The minimum atomic E-state index is -3.82. The highest BCUT2D eigenvalue weighted by molar-refractivity contribution is 7.92. The van der Waals surface area contributed by atoms with E-state index >= 15 is 0 Å². The quantitative estimate of drug-likeness (QED) is 0.510. The van der Waals surface area contributed by atoms with Gasteiger partial charge >= 0.3 is 0 Å². The number of nitrogens with zero attached hydrogens (tertiary/aromatic N) is 2. The number of amides is 2. The van der Waals surface area contributed by atoms with Gasteiger partial charge in [-0.25, -0.2) is 8.42 Å². The van der Waals surface area contributed by atoms with Crippen LogP contribution in [0, 0.1) is 0 Å². The van der Waals surface area contributed by atoms with Gasteiger partial charge in [0.2, 0.25) is 21.8 Å². The van der Waals surface area contributed by atoms with Crippen molar-refractivity contribution in [3.05, 3.63) is 59.1 Å². The molecule has 0 fully saturated rings. The third kappa shape index (κ3) is 8.43. The number of methoxy groups -OCH3 is 1. The molecule has 0 spiro atoms. The Hall–Kier alpha value is -2.78. The van der Waals surface area contributed by atoms with E-state index in [1.165, 1.54) is 12.0 Å². The Morgan fingerprint density at radius 3 is 2.26 bits per heavy atom. The standard InChI is InChI=1S/C25H34ClN3O5S/c1-7-22(24(31)27-25(2,3)4)28(16-18-11-13-19(26)14-12-18)23(30)17-29(35(6,32)33)20-9-8-10-21(15-20)34-5/h8-15,22H,7,16-17H2,1-6H3,(H,27,31)/t22-/m0/s1. The maximum Gasteiger partial charge on any atom is 0.244 e. The Labute approximate surface area is 213 Å². The van der Waals surface area contributed by atoms with E-state index in [2.05, 4.69) is 5.32 Å². The number of rotatable bonds is 10. The Morgan fingerprint density at radius 1 is 1.11 bits per heavy atom. The van der Waals surface area contributed by atoms with Gasteiger partial charge in [-0.3, -0.25) is 13.9 Å². The first-order valence-corrected chi connectivity index (χ1v) is 13.5. The third-order valence-electron chi connectivity index (χ3n) is 5.17. The van der Waals surface area contributed by atoms with Crippen molar-refractivity contribution in [2.75, 3.05) is 24.2 Å². The molecule has 0 aromatic heterocycles. The van der Waals surface area contributed by atoms with Crippen LogP contribution in [-0.4, -0.2) is 56.6 Å². The molecule has 0 unspecified atom stereocenters. The highest BCUT2D eigenvalue weighted by atomic mass is 35.5. The molecule has 2 amide bonds. The number of benzene rings is 2. The zero-order valence-electron chi connectivity index (χ0n) is 21.0. The molecule has 2 aromatic rings. The SMILES string of the molecule is CC[C@@H](C(=O)NC(C)(C)C)N(Cc1ccc(Cl)cc1)C(=O)CN(c1cccc(OC)c1)S(C)(=O)=O. The van der Waals surface area contributed by atoms with Crippen molar-refractivity contribution in [3.8, 4) is 5.75 Å². The second-order valence-corrected chi connectivity index (χ2v) is 11.6. The van der Waals surface area contributed by atoms with Crippen LogP contribution in [-0.2, 0) is 26.2 Å². The number of hydrogen-bond acceptors (Lipinski definition) is 5. The van der Waals surface area contributed by atoms with Crippen LogP contribution in [0.5, 0.6) is 5.75 Å². The van der Waals surface area contributed by atoms with Gasteiger partial charge in [0.1, 0.15) is 18.3 Å². The Morgan fingerprint density at radius 2 is 1.74 bits per heavy atom. The second kappa shape index (κ2) is 11.8. The molecule has 0 heterocycles. The molecular weight excluding hydrogens is 490 g/mol. The van der Waals surface area contributed by atoms with Crippen LogP contribution in [0.1, 0.15) is 39.7 Å². The van der Waals surface area contributed by atoms with Gasteiger partial charge in [-0.05, 0) is 57.0 Å². The van der Waals surface area contributed by atoms with Gasteiger partial charge in [0.05, 0.1) is 19.1 Å². The van der Waals surface area contributed by atoms with Crippen molar-refractivity contribution in [3.63, 3.8) is 0 Å². The van der Waals surface area contributed by atoms with Gasteiger partial charge < -0.3 is 15.0 Å². The monoisotopic (exact) mass is 523 g/mol. The predicted molar refractivity (Wildman–Crippen MR) is 139 cm³/mol. The van der Waals surface area contributed by atoms with Crippen LogP contribution < -0.4 is 14.4 Å². The molecule has 0 aliphatic carbocycles. The summed E-state index contributed by atoms with van der Waals surface area (Å²) in [5, 5.41) is 3.48. The van der Waals surface area contributed by atoms with Crippen molar-refractivity contribution in [2.45, 2.75) is 52.2 Å². The minimum Gasteiger partial charge on any atom is -0.497 e. The molecule has 2 rings (SSSR count). The summed E-state index contributed by atoms with van der Waals surface area (Å²) in [6, 6.07) is 12.6. The van der Waals surface area contributed by atoms with E-state index in [1.54, 1.807) is 48.5 Å². The second-order valence-electron chi connectivity index (χ2n) is 9.28. The van der Waals surface area contributed by atoms with E-state index in [9.17, 15) is 18.0 Å². The number of sulfonamides is 1. The van der Waals surface area contributed by atoms with Crippen molar-refractivity contribution in [1.82, 2.24) is 10.2 Å². The summed E-state index contributed by atoms with van der Waals surface area (Å²) in [6.07, 6.45) is 1.38. The molecule has 35 heavy (non-hydrogen) atoms. The number of hydrogen-bond donors (Lipinski definition) is 1. The molecule has 192 valence electrons. The molecule has 0 bridgehead atoms. The predicted octanol–water partition coefficient (Wildman–Crippen LogP) is 3.84. The highest BCUT2D eigenvalue weighted by Gasteiger charge is 2.33. The maximum absolute atomic E-state index is 13.7. The summed E-state index contributed by atoms with van der Waals surface area (Å²) < 4.78 is 31.6. The topological polar surface area (TPSA) is 96.0 Å². The fraction of sp³-hybridized carbons (Fsp3) is 0.440. The number of carbonyl (C=O) groups is 2. The normalized spacial score (nSPS) is 12.5. The number of nitrogens with one attached hydrogen (secondary N) is 1. The highest BCUT2D eigenvalue weighted by Crippen LogP contribution is 2.24. The first-order valence-electron chi connectivity index (χ1n) is 11.2. The fourth-order valence-corrected chi connectivity index (χ4v) is 4.51. The molecular formula is C25H34ClN3O5S. The summed E-state index contributed by atoms with van der Waals surface area (Å²) in [5.74, 6) is -0.365. The molecule has 0 radical (unpaired) electrons. The lowest BCUT2D eigenvalue weighted by Crippen LogP contribution is -2.55. The van der Waals surface area contributed by atoms with Crippen molar-refractivity contribution in [2.24, 2.45) is 0 Å². The molecule has 0 aliphatic rings. The lowest BCUT2D eigenvalue weighted by Gasteiger charge is -2.34. The van der Waals surface area contributed by atoms with Crippen LogP contribution in [0.4, 0.5) is 5.69 Å². The van der Waals surface area contributed by atoms with E-state index in [0.29, 0.717) is 22.9 Å². The summed E-state index contributed by atoms with van der Waals surface area (Å²) in [7, 11) is -2.34. The number of carbonyl (C=O) groups excluding carboxylic acids is 2. The smallest absolute Gasteiger partial charge is 0.244 e. The average molecular weight is 524 g/mol. The lowest BCUT2D eigenvalue weighted by molar-refractivity contribution is -0.141. The summed E-state index contributed by atoms with van der Waals surface area (Å²) >= 11 is 6.01. The Balaban J connectivity index is 2.46. The molecule has 1 atom stereocenters. The van der Waals surface area contributed by atoms with Crippen LogP contribution >= 0.6 is 11.6 Å². The average Bonchev–Trinajstić information content (AvgIpc) is 2.76. The molecule has 1 N–H and O–H groups in total. The first kappa shape index (κ1) is 28.5. The van der Waals surface area contributed by atoms with Gasteiger partial charge in [-0.2, -0.15) is 0 Å². The Kier molecular flexibility index (Phi) is 9.57. The van der Waals surface area contributed by atoms with E-state index in [-0.39, 0.29) is 12.5 Å². The summed E-state index contributed by atoms with van der Waals surface area (Å²) in [4.78, 5) is 28.2. The van der Waals surface area contributed by atoms with Gasteiger partial charge in [0, 0.05) is 23.2 Å². The Bertz CT molecular complexity index is 1130. The van der Waals surface area contributed by atoms with Gasteiger partial charge in [-0.15, -0.1) is 0 Å². The van der Waals surface area contributed by atoms with Gasteiger partial charge in [0.15, 0.2) is 0 Å². The van der Waals surface area contributed by atoms with Crippen molar-refractivity contribution >= 4 is 39.1 Å². The minimum absolute atomic E-state index is 0.113. The molecule has 8 nitrogen and oxygen atoms in total. The zero-order chi connectivity index (χ0) is 26.4. The molecule has 0 aliphatic heterocycles. The van der Waals surface area contributed by atoms with Gasteiger partial charge in [0.25, 0.3) is 0 Å². The van der Waals surface area contributed by atoms with E-state index < -0.39 is 34.1 Å². The zero-order valence-corrected chi connectivity index (χ0v) is 22.6. The number of ether oxygens (including phenoxy) is 1. The van der Waals surface area contributed by atoms with Crippen LogP contribution in [0.15, 0.2) is 48.5 Å². The summed E-state index contributed by atoms with van der Waals surface area (Å²) in [6.45, 7) is 7.03. The molecule has 0 saturated heterocycles. The molecule has 10 heteroatoms. The number of halogens is 1. The van der Waals surface area contributed by atoms with E-state index in [1.807, 2.05) is 27.7 Å². The van der Waals surface area contributed by atoms with Crippen LogP contribution in [0.2, 0.25) is 5.02 Å². The van der Waals surface area contributed by atoms with Crippen LogP contribution in [0.3, 0.4) is 0 Å². The van der Waals surface area contributed by atoms with Crippen molar-refractivity contribution < 1.29 is 22.7 Å². The number of anilines is 1. The third-order valence-corrected chi connectivity index (χ3v) is 6.56. The molecule has 2 aromatic carbocycles. The largest absolute Gasteiger partial charge is 0.497 e. The van der Waals surface area contributed by atoms with Crippen molar-refractivity contribution in [1.29, 1.82) is 0 Å². The first-order chi connectivity index (χ1) is 16.2. The summed E-state index contributed by atoms with van der Waals surface area (Å²) in [5.41, 5.74) is 0.551. The van der Waals surface area contributed by atoms with Gasteiger partial charge in [-0.1, -0.05) is 36.7 Å². The fourth-order valence-electron chi connectivity index (χ4n) is 3.54. The van der Waals surface area contributed by atoms with E-state index in [0.717, 1.165) is 16.1 Å². The maximum atomic E-state index is 13.7. The lowest BCUT2D eigenvalue weighted by atomic mass is 10.1.